The maximum atomic E-state index is 5.88. The molecule has 1 aromatic carbocycles. The Hall–Kier alpha value is -0.630. The summed E-state index contributed by atoms with van der Waals surface area (Å²) in [4.78, 5) is 0. The highest BCUT2D eigenvalue weighted by atomic mass is 32.2. The average Bonchev–Trinajstić information content (AvgIpc) is 2.15. The summed E-state index contributed by atoms with van der Waals surface area (Å²) in [5, 5.41) is 0.721. The van der Waals surface area contributed by atoms with Crippen molar-refractivity contribution in [3.63, 3.8) is 0 Å². The smallest absolute Gasteiger partial charge is 0.0316 e. The number of benzene rings is 1. The Morgan fingerprint density at radius 2 is 2.12 bits per heavy atom. The molecule has 1 saturated carbocycles. The first-order valence-electron chi connectivity index (χ1n) is 6.10. The molecule has 0 saturated heterocycles. The van der Waals surface area contributed by atoms with Crippen molar-refractivity contribution in [2.75, 3.05) is 11.5 Å². The molecule has 1 aromatic rings. The quantitative estimate of drug-likeness (QED) is 0.803. The number of nitrogen functional groups attached to an aromatic ring is 1. The summed E-state index contributed by atoms with van der Waals surface area (Å²) in [5.74, 6) is 1.24. The fraction of sp³-hybridized carbons (Fsp3) is 0.571. The lowest BCUT2D eigenvalue weighted by molar-refractivity contribution is 0.279. The normalized spacial score (nSPS) is 18.4. The molecular formula is C14H21NS. The van der Waals surface area contributed by atoms with Crippen LogP contribution in [0.1, 0.15) is 38.7 Å². The van der Waals surface area contributed by atoms with Gasteiger partial charge in [-0.1, -0.05) is 32.4 Å². The summed E-state index contributed by atoms with van der Waals surface area (Å²) < 4.78 is 0. The molecular weight excluding hydrogens is 214 g/mol. The van der Waals surface area contributed by atoms with Crippen molar-refractivity contribution in [3.8, 4) is 0 Å². The van der Waals surface area contributed by atoms with E-state index in [0.717, 1.165) is 10.9 Å². The molecule has 88 valence electrons. The predicted octanol–water partition coefficient (Wildman–Crippen LogP) is 3.83. The highest BCUT2D eigenvalue weighted by molar-refractivity contribution is 7.99. The van der Waals surface area contributed by atoms with Gasteiger partial charge < -0.3 is 5.73 Å². The molecule has 2 rings (SSSR count). The van der Waals surface area contributed by atoms with Gasteiger partial charge in [0.2, 0.25) is 0 Å². The molecule has 0 atom stereocenters. The van der Waals surface area contributed by atoms with Crippen LogP contribution in [0.15, 0.2) is 24.3 Å². The predicted molar refractivity (Wildman–Crippen MR) is 74.0 cm³/mol. The Morgan fingerprint density at radius 1 is 1.38 bits per heavy atom. The number of nitrogens with two attached hydrogens (primary N) is 1. The topological polar surface area (TPSA) is 26.0 Å². The van der Waals surface area contributed by atoms with Crippen LogP contribution in [0.2, 0.25) is 0 Å². The summed E-state index contributed by atoms with van der Waals surface area (Å²) in [5.41, 5.74) is 8.66. The van der Waals surface area contributed by atoms with E-state index < -0.39 is 0 Å². The number of anilines is 1. The molecule has 1 aliphatic carbocycles. The zero-order valence-corrected chi connectivity index (χ0v) is 11.0. The molecule has 0 aromatic heterocycles. The third kappa shape index (κ3) is 2.37. The molecule has 0 bridgehead atoms. The van der Waals surface area contributed by atoms with Crippen LogP contribution in [0.5, 0.6) is 0 Å². The first kappa shape index (κ1) is 11.8. The SMILES string of the molecule is CC(C)SCC1(c2cccc(N)c2)CCC1. The van der Waals surface area contributed by atoms with E-state index in [9.17, 15) is 0 Å². The second-order valence-corrected chi connectivity index (χ2v) is 6.68. The second kappa shape index (κ2) is 4.70. The third-order valence-corrected chi connectivity index (χ3v) is 4.89. The monoisotopic (exact) mass is 235 g/mol. The van der Waals surface area contributed by atoms with Crippen LogP contribution < -0.4 is 5.73 Å². The molecule has 2 heteroatoms. The Balaban J connectivity index is 2.14. The van der Waals surface area contributed by atoms with Gasteiger partial charge in [-0.15, -0.1) is 0 Å². The Morgan fingerprint density at radius 3 is 2.62 bits per heavy atom. The Kier molecular flexibility index (Phi) is 3.48. The molecule has 0 aliphatic heterocycles. The molecule has 0 radical (unpaired) electrons. The number of rotatable bonds is 4. The van der Waals surface area contributed by atoms with Crippen LogP contribution in [-0.4, -0.2) is 11.0 Å². The molecule has 1 aliphatic rings. The van der Waals surface area contributed by atoms with Gasteiger partial charge >= 0.3 is 0 Å². The van der Waals surface area contributed by atoms with Crippen LogP contribution in [0, 0.1) is 0 Å². The number of hydrogen-bond donors (Lipinski definition) is 1. The minimum absolute atomic E-state index is 0.421. The van der Waals surface area contributed by atoms with Gasteiger partial charge in [0.05, 0.1) is 0 Å². The summed E-state index contributed by atoms with van der Waals surface area (Å²) in [7, 11) is 0. The minimum atomic E-state index is 0.421. The van der Waals surface area contributed by atoms with Crippen LogP contribution >= 0.6 is 11.8 Å². The van der Waals surface area contributed by atoms with E-state index in [0.29, 0.717) is 5.41 Å². The molecule has 1 fully saturated rings. The van der Waals surface area contributed by atoms with E-state index in [1.54, 1.807) is 0 Å². The van der Waals surface area contributed by atoms with Gasteiger partial charge in [0, 0.05) is 16.9 Å². The van der Waals surface area contributed by atoms with Crippen molar-refractivity contribution in [1.29, 1.82) is 0 Å². The molecule has 16 heavy (non-hydrogen) atoms. The molecule has 0 spiro atoms. The highest BCUT2D eigenvalue weighted by Gasteiger charge is 2.38. The van der Waals surface area contributed by atoms with Gasteiger partial charge in [-0.25, -0.2) is 0 Å². The van der Waals surface area contributed by atoms with E-state index >= 15 is 0 Å². The van der Waals surface area contributed by atoms with Crippen molar-refractivity contribution in [1.82, 2.24) is 0 Å². The van der Waals surface area contributed by atoms with Gasteiger partial charge in [0.25, 0.3) is 0 Å². The highest BCUT2D eigenvalue weighted by Crippen LogP contribution is 2.46. The zero-order chi connectivity index (χ0) is 11.6. The van der Waals surface area contributed by atoms with E-state index in [2.05, 4.69) is 43.8 Å². The first-order chi connectivity index (χ1) is 7.62. The fourth-order valence-electron chi connectivity index (χ4n) is 2.31. The summed E-state index contributed by atoms with van der Waals surface area (Å²) in [6.45, 7) is 4.55. The summed E-state index contributed by atoms with van der Waals surface area (Å²) in [6, 6.07) is 8.48. The molecule has 1 nitrogen and oxygen atoms in total. The van der Waals surface area contributed by atoms with Crippen molar-refractivity contribution < 1.29 is 0 Å². The maximum Gasteiger partial charge on any atom is 0.0316 e. The number of hydrogen-bond acceptors (Lipinski definition) is 2. The average molecular weight is 235 g/mol. The lowest BCUT2D eigenvalue weighted by Crippen LogP contribution is -2.37. The van der Waals surface area contributed by atoms with Crippen molar-refractivity contribution >= 4 is 17.4 Å². The largest absolute Gasteiger partial charge is 0.399 e. The fourth-order valence-corrected chi connectivity index (χ4v) is 3.42. The maximum absolute atomic E-state index is 5.88. The van der Waals surface area contributed by atoms with Crippen LogP contribution in [0.3, 0.4) is 0 Å². The zero-order valence-electron chi connectivity index (χ0n) is 10.2. The van der Waals surface area contributed by atoms with Gasteiger partial charge in [0.1, 0.15) is 0 Å². The van der Waals surface area contributed by atoms with Crippen LogP contribution in [0.4, 0.5) is 5.69 Å². The minimum Gasteiger partial charge on any atom is -0.399 e. The molecule has 0 amide bonds. The Bertz CT molecular complexity index is 356. The van der Waals surface area contributed by atoms with Gasteiger partial charge in [-0.3, -0.25) is 0 Å². The third-order valence-electron chi connectivity index (χ3n) is 3.50. The molecule has 2 N–H and O–H groups in total. The van der Waals surface area contributed by atoms with Crippen molar-refractivity contribution in [3.05, 3.63) is 29.8 Å². The summed E-state index contributed by atoms with van der Waals surface area (Å²) >= 11 is 2.07. The first-order valence-corrected chi connectivity index (χ1v) is 7.15. The standard InChI is InChI=1S/C14H21NS/c1-11(2)16-10-14(7-4-8-14)12-5-3-6-13(15)9-12/h3,5-6,9,11H,4,7-8,10,15H2,1-2H3. The van der Waals surface area contributed by atoms with E-state index in [-0.39, 0.29) is 0 Å². The van der Waals surface area contributed by atoms with Crippen molar-refractivity contribution in [2.45, 2.75) is 43.8 Å². The van der Waals surface area contributed by atoms with Gasteiger partial charge in [-0.05, 0) is 35.8 Å². The lowest BCUT2D eigenvalue weighted by atomic mass is 9.66. The lowest BCUT2D eigenvalue weighted by Gasteiger charge is -2.43. The second-order valence-electron chi connectivity index (χ2n) is 5.12. The van der Waals surface area contributed by atoms with Gasteiger partial charge in [0.15, 0.2) is 0 Å². The number of thioether (sulfide) groups is 1. The Labute approximate surface area is 103 Å². The van der Waals surface area contributed by atoms with E-state index in [1.165, 1.54) is 30.6 Å². The van der Waals surface area contributed by atoms with Crippen LogP contribution in [0.25, 0.3) is 0 Å². The van der Waals surface area contributed by atoms with Crippen molar-refractivity contribution in [2.24, 2.45) is 0 Å². The van der Waals surface area contributed by atoms with Gasteiger partial charge in [-0.2, -0.15) is 11.8 Å². The molecule has 0 heterocycles. The van der Waals surface area contributed by atoms with E-state index in [1.807, 2.05) is 6.07 Å². The van der Waals surface area contributed by atoms with E-state index in [4.69, 9.17) is 5.73 Å². The molecule has 0 unspecified atom stereocenters. The summed E-state index contributed by atoms with van der Waals surface area (Å²) in [6.07, 6.45) is 4.03. The van der Waals surface area contributed by atoms with Crippen LogP contribution in [-0.2, 0) is 5.41 Å².